The molecule has 1 fully saturated rings. The Bertz CT molecular complexity index is 928. The first-order valence-corrected chi connectivity index (χ1v) is 10.9. The van der Waals surface area contributed by atoms with E-state index in [4.69, 9.17) is 4.74 Å². The lowest BCUT2D eigenvalue weighted by Crippen LogP contribution is -2.50. The van der Waals surface area contributed by atoms with Crippen molar-refractivity contribution in [3.8, 4) is 11.5 Å². The van der Waals surface area contributed by atoms with Crippen molar-refractivity contribution >= 4 is 15.9 Å². The molecule has 7 heteroatoms. The summed E-state index contributed by atoms with van der Waals surface area (Å²) in [4.78, 5) is 15.3. The second kappa shape index (κ2) is 6.98. The van der Waals surface area contributed by atoms with Crippen molar-refractivity contribution in [1.29, 1.82) is 0 Å². The van der Waals surface area contributed by atoms with Crippen LogP contribution in [0.2, 0.25) is 0 Å². The van der Waals surface area contributed by atoms with Crippen LogP contribution in [0.3, 0.4) is 0 Å². The number of ether oxygens (including phenoxy) is 1. The van der Waals surface area contributed by atoms with Gasteiger partial charge in [-0.3, -0.25) is 4.79 Å². The van der Waals surface area contributed by atoms with Gasteiger partial charge < -0.3 is 9.64 Å². The molecule has 4 rings (SSSR count). The highest BCUT2D eigenvalue weighted by molar-refractivity contribution is 7.88. The Morgan fingerprint density at radius 2 is 1.67 bits per heavy atom. The van der Waals surface area contributed by atoms with E-state index in [1.54, 1.807) is 4.90 Å². The molecule has 1 amide bonds. The van der Waals surface area contributed by atoms with Crippen LogP contribution in [-0.2, 0) is 14.8 Å². The third kappa shape index (κ3) is 3.70. The molecule has 2 aliphatic rings. The van der Waals surface area contributed by atoms with E-state index in [0.717, 1.165) is 30.2 Å². The number of carbonyl (C=O) groups excluding carboxylic acids is 1. The number of benzene rings is 2. The van der Waals surface area contributed by atoms with E-state index in [1.807, 2.05) is 48.5 Å². The minimum atomic E-state index is -3.30. The molecule has 0 aliphatic carbocycles. The topological polar surface area (TPSA) is 75.7 Å². The molecule has 0 spiro atoms. The summed E-state index contributed by atoms with van der Waals surface area (Å²) in [6, 6.07) is 14.9. The van der Waals surface area contributed by atoms with Crippen LogP contribution in [-0.4, -0.2) is 44.6 Å². The molecule has 6 nitrogen and oxygen atoms in total. The van der Waals surface area contributed by atoms with Crippen LogP contribution >= 0.6 is 0 Å². The van der Waals surface area contributed by atoms with Gasteiger partial charge in [-0.2, -0.15) is 0 Å². The lowest BCUT2D eigenvalue weighted by atomic mass is 9.86. The molecule has 0 bridgehead atoms. The number of fused-ring (bicyclic) bond motifs is 2. The summed E-state index contributed by atoms with van der Waals surface area (Å²) < 4.78 is 31.8. The van der Waals surface area contributed by atoms with Gasteiger partial charge in [0.25, 0.3) is 0 Å². The summed E-state index contributed by atoms with van der Waals surface area (Å²) in [6.45, 7) is 1.01. The van der Waals surface area contributed by atoms with Crippen molar-refractivity contribution < 1.29 is 17.9 Å². The standard InChI is InChI=1S/C20H22N2O4S/c1-27(24,25)21-14-7-6-12-22(13-14)20(23)19-15-8-2-4-10-17(15)26-18-11-5-3-9-16(18)19/h2-5,8-11,14,19,21H,6-7,12-13H2,1H3/t14-/m0/s1. The summed E-state index contributed by atoms with van der Waals surface area (Å²) in [7, 11) is -3.30. The predicted molar refractivity (Wildman–Crippen MR) is 102 cm³/mol. The fraction of sp³-hybridized carbons (Fsp3) is 0.350. The second-order valence-electron chi connectivity index (χ2n) is 7.12. The zero-order chi connectivity index (χ0) is 19.0. The summed E-state index contributed by atoms with van der Waals surface area (Å²) in [5.41, 5.74) is 1.69. The molecule has 2 aromatic rings. The van der Waals surface area contributed by atoms with Crippen LogP contribution in [0.5, 0.6) is 11.5 Å². The molecular formula is C20H22N2O4S. The van der Waals surface area contributed by atoms with Gasteiger partial charge in [0.2, 0.25) is 15.9 Å². The molecule has 27 heavy (non-hydrogen) atoms. The average molecular weight is 386 g/mol. The summed E-state index contributed by atoms with van der Waals surface area (Å²) in [6.07, 6.45) is 2.65. The summed E-state index contributed by atoms with van der Waals surface area (Å²) in [5.74, 6) is 0.927. The number of sulfonamides is 1. The maximum Gasteiger partial charge on any atom is 0.234 e. The number of nitrogens with zero attached hydrogens (tertiary/aromatic N) is 1. The third-order valence-corrected chi connectivity index (χ3v) is 5.80. The van der Waals surface area contributed by atoms with Gasteiger partial charge >= 0.3 is 0 Å². The minimum Gasteiger partial charge on any atom is -0.457 e. The highest BCUT2D eigenvalue weighted by Crippen LogP contribution is 2.44. The van der Waals surface area contributed by atoms with Crippen molar-refractivity contribution in [1.82, 2.24) is 9.62 Å². The molecule has 1 atom stereocenters. The van der Waals surface area contributed by atoms with Crippen LogP contribution in [0.1, 0.15) is 29.9 Å². The fourth-order valence-corrected chi connectivity index (χ4v) is 4.73. The van der Waals surface area contributed by atoms with E-state index in [-0.39, 0.29) is 11.9 Å². The quantitative estimate of drug-likeness (QED) is 0.879. The maximum absolute atomic E-state index is 13.5. The zero-order valence-electron chi connectivity index (χ0n) is 15.1. The Hall–Kier alpha value is -2.38. The van der Waals surface area contributed by atoms with E-state index in [9.17, 15) is 13.2 Å². The van der Waals surface area contributed by atoms with Crippen molar-refractivity contribution in [3.63, 3.8) is 0 Å². The summed E-state index contributed by atoms with van der Waals surface area (Å²) in [5, 5.41) is 0. The van der Waals surface area contributed by atoms with E-state index >= 15 is 0 Å². The SMILES string of the molecule is CS(=O)(=O)N[C@H]1CCCN(C(=O)C2c3ccccc3Oc3ccccc32)C1. The highest BCUT2D eigenvalue weighted by atomic mass is 32.2. The number of hydrogen-bond donors (Lipinski definition) is 1. The van der Waals surface area contributed by atoms with Gasteiger partial charge in [-0.25, -0.2) is 13.1 Å². The third-order valence-electron chi connectivity index (χ3n) is 5.04. The van der Waals surface area contributed by atoms with E-state index < -0.39 is 15.9 Å². The van der Waals surface area contributed by atoms with Crippen LogP contribution in [0.15, 0.2) is 48.5 Å². The number of amides is 1. The normalized spacial score (nSPS) is 19.7. The van der Waals surface area contributed by atoms with Crippen molar-refractivity contribution in [3.05, 3.63) is 59.7 Å². The van der Waals surface area contributed by atoms with Gasteiger partial charge in [0.15, 0.2) is 0 Å². The van der Waals surface area contributed by atoms with Gasteiger partial charge in [-0.15, -0.1) is 0 Å². The summed E-state index contributed by atoms with van der Waals surface area (Å²) >= 11 is 0. The monoisotopic (exact) mass is 386 g/mol. The van der Waals surface area contributed by atoms with Crippen LogP contribution in [0, 0.1) is 0 Å². The molecule has 1 N–H and O–H groups in total. The largest absolute Gasteiger partial charge is 0.457 e. The Labute approximate surface area is 159 Å². The first-order chi connectivity index (χ1) is 12.9. The smallest absolute Gasteiger partial charge is 0.234 e. The van der Waals surface area contributed by atoms with E-state index in [0.29, 0.717) is 24.6 Å². The molecule has 0 saturated carbocycles. The van der Waals surface area contributed by atoms with E-state index in [2.05, 4.69) is 4.72 Å². The lowest BCUT2D eigenvalue weighted by molar-refractivity contribution is -0.133. The molecule has 2 heterocycles. The van der Waals surface area contributed by atoms with Gasteiger partial charge in [0, 0.05) is 30.3 Å². The van der Waals surface area contributed by atoms with Gasteiger partial charge in [0.05, 0.1) is 12.2 Å². The highest BCUT2D eigenvalue weighted by Gasteiger charge is 2.36. The average Bonchev–Trinajstić information content (AvgIpc) is 2.64. The van der Waals surface area contributed by atoms with Crippen LogP contribution in [0.4, 0.5) is 0 Å². The molecule has 142 valence electrons. The Kier molecular flexibility index (Phi) is 4.65. The number of hydrogen-bond acceptors (Lipinski definition) is 4. The second-order valence-corrected chi connectivity index (χ2v) is 8.90. The van der Waals surface area contributed by atoms with Gasteiger partial charge in [0.1, 0.15) is 11.5 Å². The Balaban J connectivity index is 1.66. The van der Waals surface area contributed by atoms with Crippen LogP contribution < -0.4 is 9.46 Å². The zero-order valence-corrected chi connectivity index (χ0v) is 15.9. The van der Waals surface area contributed by atoms with Gasteiger partial charge in [-0.05, 0) is 25.0 Å². The van der Waals surface area contributed by atoms with Crippen molar-refractivity contribution in [2.45, 2.75) is 24.8 Å². The predicted octanol–water partition coefficient (Wildman–Crippen LogP) is 2.46. The minimum absolute atomic E-state index is 0.0156. The number of para-hydroxylation sites is 2. The molecule has 0 radical (unpaired) electrons. The Morgan fingerprint density at radius 3 is 2.26 bits per heavy atom. The number of nitrogens with one attached hydrogen (secondary N) is 1. The number of likely N-dealkylation sites (tertiary alicyclic amines) is 1. The van der Waals surface area contributed by atoms with Crippen LogP contribution in [0.25, 0.3) is 0 Å². The number of piperidine rings is 1. The maximum atomic E-state index is 13.5. The Morgan fingerprint density at radius 1 is 1.07 bits per heavy atom. The molecule has 0 unspecified atom stereocenters. The molecule has 0 aromatic heterocycles. The number of rotatable bonds is 3. The van der Waals surface area contributed by atoms with Crippen molar-refractivity contribution in [2.24, 2.45) is 0 Å². The lowest BCUT2D eigenvalue weighted by Gasteiger charge is -2.36. The van der Waals surface area contributed by atoms with Gasteiger partial charge in [-0.1, -0.05) is 36.4 Å². The first kappa shape index (κ1) is 18.0. The fourth-order valence-electron chi connectivity index (χ4n) is 3.93. The van der Waals surface area contributed by atoms with Crippen molar-refractivity contribution in [2.75, 3.05) is 19.3 Å². The molecule has 2 aliphatic heterocycles. The van der Waals surface area contributed by atoms with E-state index in [1.165, 1.54) is 0 Å². The molecular weight excluding hydrogens is 364 g/mol. The number of carbonyl (C=O) groups is 1. The molecule has 2 aromatic carbocycles. The first-order valence-electron chi connectivity index (χ1n) is 9.04. The molecule has 1 saturated heterocycles.